The molecule has 2 heterocycles. The number of rotatable bonds is 4. The van der Waals surface area contributed by atoms with Gasteiger partial charge in [-0.15, -0.1) is 11.3 Å². The van der Waals surface area contributed by atoms with Crippen molar-refractivity contribution < 1.29 is 4.79 Å². The van der Waals surface area contributed by atoms with Crippen LogP contribution in [0.5, 0.6) is 0 Å². The molecule has 0 radical (unpaired) electrons. The van der Waals surface area contributed by atoms with Crippen molar-refractivity contribution in [3.8, 4) is 0 Å². The first-order valence-electron chi connectivity index (χ1n) is 11.1. The van der Waals surface area contributed by atoms with Crippen molar-refractivity contribution in [2.24, 2.45) is 11.0 Å². The minimum Gasteiger partial charge on any atom is -0.286 e. The molecule has 1 aromatic carbocycles. The molecule has 2 atom stereocenters. The van der Waals surface area contributed by atoms with E-state index in [2.05, 4.69) is 55.3 Å². The maximum atomic E-state index is 13.2. The second-order valence-electron chi connectivity index (χ2n) is 9.77. The molecular formula is C25H30N4O2S. The molecule has 0 bridgehead atoms. The van der Waals surface area contributed by atoms with Crippen LogP contribution in [-0.4, -0.2) is 21.7 Å². The van der Waals surface area contributed by atoms with Gasteiger partial charge in [0.25, 0.3) is 11.5 Å². The second-order valence-corrected chi connectivity index (χ2v) is 10.9. The third-order valence-corrected chi connectivity index (χ3v) is 7.36. The summed E-state index contributed by atoms with van der Waals surface area (Å²) < 4.78 is 1.41. The molecule has 1 N–H and O–H groups in total. The van der Waals surface area contributed by atoms with Gasteiger partial charge in [-0.05, 0) is 54.2 Å². The van der Waals surface area contributed by atoms with E-state index in [1.165, 1.54) is 21.3 Å². The van der Waals surface area contributed by atoms with Crippen LogP contribution in [0.2, 0.25) is 0 Å². The smallest absolute Gasteiger partial charge is 0.263 e. The number of hydrogen-bond donors (Lipinski definition) is 1. The van der Waals surface area contributed by atoms with E-state index in [4.69, 9.17) is 0 Å². The summed E-state index contributed by atoms with van der Waals surface area (Å²) >= 11 is 1.61. The number of hydrazone groups is 1. The molecule has 0 spiro atoms. The summed E-state index contributed by atoms with van der Waals surface area (Å²) in [6.45, 7) is 10.4. The van der Waals surface area contributed by atoms with Crippen molar-refractivity contribution in [3.63, 3.8) is 0 Å². The highest BCUT2D eigenvalue weighted by Gasteiger charge is 2.25. The standard InChI is InChI=1S/C25H30N4O2S/c1-15-6-11-19-20(12-15)32-23-21(19)24(31)29(14-26-23)16(2)22(30)28-27-13-17-7-9-18(10-8-17)25(3,4)5/h7-10,13-16H,6,11-12H2,1-5H3,(H,28,30). The summed E-state index contributed by atoms with van der Waals surface area (Å²) in [5.74, 6) is 0.276. The summed E-state index contributed by atoms with van der Waals surface area (Å²) in [7, 11) is 0. The fourth-order valence-corrected chi connectivity index (χ4v) is 5.42. The zero-order chi connectivity index (χ0) is 23.0. The van der Waals surface area contributed by atoms with Gasteiger partial charge in [-0.1, -0.05) is 52.0 Å². The lowest BCUT2D eigenvalue weighted by Gasteiger charge is -2.18. The van der Waals surface area contributed by atoms with Gasteiger partial charge < -0.3 is 0 Å². The lowest BCUT2D eigenvalue weighted by Crippen LogP contribution is -2.34. The first-order chi connectivity index (χ1) is 15.1. The number of thiophene rings is 1. The zero-order valence-corrected chi connectivity index (χ0v) is 20.1. The van der Waals surface area contributed by atoms with Crippen LogP contribution in [0.15, 0.2) is 40.5 Å². The molecule has 0 saturated carbocycles. The number of nitrogens with zero attached hydrogens (tertiary/aromatic N) is 3. The van der Waals surface area contributed by atoms with E-state index in [1.54, 1.807) is 24.5 Å². The van der Waals surface area contributed by atoms with Gasteiger partial charge in [0.05, 0.1) is 17.9 Å². The fourth-order valence-electron chi connectivity index (χ4n) is 4.08. The van der Waals surface area contributed by atoms with Gasteiger partial charge in [0, 0.05) is 4.88 Å². The Morgan fingerprint density at radius 1 is 1.31 bits per heavy atom. The summed E-state index contributed by atoms with van der Waals surface area (Å²) in [5.41, 5.74) is 5.75. The minimum absolute atomic E-state index is 0.0850. The highest BCUT2D eigenvalue weighted by molar-refractivity contribution is 7.18. The third kappa shape index (κ3) is 4.39. The topological polar surface area (TPSA) is 76.3 Å². The summed E-state index contributed by atoms with van der Waals surface area (Å²) in [6, 6.07) is 7.37. The molecule has 3 aromatic rings. The molecule has 0 fully saturated rings. The van der Waals surface area contributed by atoms with E-state index in [1.807, 2.05) is 12.1 Å². The predicted molar refractivity (Wildman–Crippen MR) is 131 cm³/mol. The van der Waals surface area contributed by atoms with Crippen LogP contribution in [0.4, 0.5) is 0 Å². The third-order valence-electron chi connectivity index (χ3n) is 6.20. The number of hydrogen-bond acceptors (Lipinski definition) is 5. The number of fused-ring (bicyclic) bond motifs is 3. The zero-order valence-electron chi connectivity index (χ0n) is 19.3. The summed E-state index contributed by atoms with van der Waals surface area (Å²) in [5, 5.41) is 4.76. The van der Waals surface area contributed by atoms with Crippen LogP contribution >= 0.6 is 11.3 Å². The van der Waals surface area contributed by atoms with Crippen molar-refractivity contribution in [2.45, 2.75) is 65.3 Å². The van der Waals surface area contributed by atoms with Crippen LogP contribution in [-0.2, 0) is 23.1 Å². The van der Waals surface area contributed by atoms with Gasteiger partial charge >= 0.3 is 0 Å². The minimum atomic E-state index is -0.710. The number of carbonyl (C=O) groups is 1. The number of nitrogens with one attached hydrogen (secondary N) is 1. The molecule has 1 aliphatic rings. The van der Waals surface area contributed by atoms with Crippen LogP contribution in [0.3, 0.4) is 0 Å². The second kappa shape index (κ2) is 8.62. The van der Waals surface area contributed by atoms with Crippen LogP contribution in [0, 0.1) is 5.92 Å². The fraction of sp³-hybridized carbons (Fsp3) is 0.440. The van der Waals surface area contributed by atoms with E-state index in [9.17, 15) is 9.59 Å². The van der Waals surface area contributed by atoms with Gasteiger partial charge in [-0.3, -0.25) is 14.2 Å². The molecule has 2 aromatic heterocycles. The SMILES string of the molecule is CC1CCc2c(sc3ncn(C(C)C(=O)NN=Cc4ccc(C(C)(C)C)cc4)c(=O)c23)C1. The Labute approximate surface area is 192 Å². The predicted octanol–water partition coefficient (Wildman–Crippen LogP) is 4.59. The molecule has 168 valence electrons. The molecule has 4 rings (SSSR count). The number of aromatic nitrogens is 2. The molecule has 2 unspecified atom stereocenters. The summed E-state index contributed by atoms with van der Waals surface area (Å²) in [4.78, 5) is 32.4. The Balaban J connectivity index is 1.50. The van der Waals surface area contributed by atoms with Crippen LogP contribution < -0.4 is 11.0 Å². The molecule has 1 amide bonds. The Kier molecular flexibility index (Phi) is 6.03. The Hall–Kier alpha value is -2.80. The first kappa shape index (κ1) is 22.4. The van der Waals surface area contributed by atoms with Gasteiger partial charge in [0.2, 0.25) is 0 Å². The van der Waals surface area contributed by atoms with E-state index in [0.717, 1.165) is 35.2 Å². The largest absolute Gasteiger partial charge is 0.286 e. The number of carbonyl (C=O) groups excluding carboxylic acids is 1. The van der Waals surface area contributed by atoms with Crippen molar-refractivity contribution in [1.29, 1.82) is 0 Å². The van der Waals surface area contributed by atoms with Gasteiger partial charge in [0.1, 0.15) is 10.9 Å². The van der Waals surface area contributed by atoms with Crippen molar-refractivity contribution in [3.05, 3.63) is 62.5 Å². The Morgan fingerprint density at radius 2 is 2.03 bits per heavy atom. The lowest BCUT2D eigenvalue weighted by molar-refractivity contribution is -0.123. The van der Waals surface area contributed by atoms with Crippen molar-refractivity contribution in [1.82, 2.24) is 15.0 Å². The van der Waals surface area contributed by atoms with Gasteiger partial charge in [0.15, 0.2) is 0 Å². The molecule has 7 heteroatoms. The van der Waals surface area contributed by atoms with E-state index in [0.29, 0.717) is 11.3 Å². The Morgan fingerprint density at radius 3 is 2.72 bits per heavy atom. The normalized spacial score (nSPS) is 17.5. The lowest BCUT2D eigenvalue weighted by atomic mass is 9.87. The van der Waals surface area contributed by atoms with E-state index >= 15 is 0 Å². The van der Waals surface area contributed by atoms with E-state index in [-0.39, 0.29) is 16.9 Å². The molecular weight excluding hydrogens is 420 g/mol. The highest BCUT2D eigenvalue weighted by Crippen LogP contribution is 2.35. The molecule has 6 nitrogen and oxygen atoms in total. The average Bonchev–Trinajstić information content (AvgIpc) is 3.11. The van der Waals surface area contributed by atoms with E-state index < -0.39 is 6.04 Å². The number of aryl methyl sites for hydroxylation is 1. The Bertz CT molecular complexity index is 1230. The molecule has 0 aliphatic heterocycles. The molecule has 0 saturated heterocycles. The maximum absolute atomic E-state index is 13.2. The van der Waals surface area contributed by atoms with Crippen molar-refractivity contribution >= 4 is 33.7 Å². The first-order valence-corrected chi connectivity index (χ1v) is 11.9. The molecule has 32 heavy (non-hydrogen) atoms. The number of benzene rings is 1. The quantitative estimate of drug-likeness (QED) is 0.466. The number of amides is 1. The van der Waals surface area contributed by atoms with Gasteiger partial charge in [-0.2, -0.15) is 5.10 Å². The monoisotopic (exact) mass is 450 g/mol. The highest BCUT2D eigenvalue weighted by atomic mass is 32.1. The maximum Gasteiger partial charge on any atom is 0.263 e. The van der Waals surface area contributed by atoms with Crippen LogP contribution in [0.1, 0.15) is 68.6 Å². The molecule has 1 aliphatic carbocycles. The van der Waals surface area contributed by atoms with Gasteiger partial charge in [-0.25, -0.2) is 10.4 Å². The summed E-state index contributed by atoms with van der Waals surface area (Å²) in [6.07, 6.45) is 6.06. The van der Waals surface area contributed by atoms with Crippen molar-refractivity contribution in [2.75, 3.05) is 0 Å². The van der Waals surface area contributed by atoms with Crippen LogP contribution in [0.25, 0.3) is 10.2 Å². The average molecular weight is 451 g/mol.